The monoisotopic (exact) mass is 296 g/mol. The standard InChI is InChI=1S/C14H20N2O3S/c15-13-6-9-19-14-5-4-11(10-12(13)14)20(17,18)16-7-2-1-3-8-16/h4-5,10,13H,1-3,6-9,15H2. The van der Waals surface area contributed by atoms with Gasteiger partial charge < -0.3 is 10.5 Å². The van der Waals surface area contributed by atoms with Crippen LogP contribution in [0.2, 0.25) is 0 Å². The number of rotatable bonds is 2. The van der Waals surface area contributed by atoms with Crippen molar-refractivity contribution in [2.45, 2.75) is 36.6 Å². The van der Waals surface area contributed by atoms with Gasteiger partial charge in [-0.05, 0) is 31.0 Å². The average molecular weight is 296 g/mol. The Bertz CT molecular complexity index is 594. The van der Waals surface area contributed by atoms with Crippen LogP contribution in [0.15, 0.2) is 23.1 Å². The number of hydrogen-bond acceptors (Lipinski definition) is 4. The Morgan fingerprint density at radius 3 is 2.70 bits per heavy atom. The molecule has 0 aliphatic carbocycles. The zero-order valence-electron chi connectivity index (χ0n) is 11.4. The van der Waals surface area contributed by atoms with Crippen molar-refractivity contribution in [3.8, 4) is 5.75 Å². The number of sulfonamides is 1. The second-order valence-electron chi connectivity index (χ2n) is 5.41. The number of nitrogens with two attached hydrogens (primary N) is 1. The minimum atomic E-state index is -3.40. The van der Waals surface area contributed by atoms with E-state index in [4.69, 9.17) is 10.5 Å². The Balaban J connectivity index is 1.95. The summed E-state index contributed by atoms with van der Waals surface area (Å²) in [6.07, 6.45) is 3.70. The Hall–Kier alpha value is -1.11. The van der Waals surface area contributed by atoms with Gasteiger partial charge in [-0.15, -0.1) is 0 Å². The Morgan fingerprint density at radius 1 is 1.20 bits per heavy atom. The van der Waals surface area contributed by atoms with Gasteiger partial charge in [0.2, 0.25) is 10.0 Å². The molecule has 2 aliphatic rings. The van der Waals surface area contributed by atoms with Crippen LogP contribution in [0, 0.1) is 0 Å². The van der Waals surface area contributed by atoms with Gasteiger partial charge in [-0.1, -0.05) is 6.42 Å². The summed E-state index contributed by atoms with van der Waals surface area (Å²) < 4.78 is 32.3. The third kappa shape index (κ3) is 2.43. The summed E-state index contributed by atoms with van der Waals surface area (Å²) in [5.74, 6) is 0.710. The van der Waals surface area contributed by atoms with E-state index < -0.39 is 10.0 Å². The predicted octanol–water partition coefficient (Wildman–Crippen LogP) is 1.64. The molecule has 6 heteroatoms. The highest BCUT2D eigenvalue weighted by Crippen LogP contribution is 2.33. The zero-order chi connectivity index (χ0) is 14.2. The lowest BCUT2D eigenvalue weighted by molar-refractivity contribution is 0.268. The molecule has 0 radical (unpaired) electrons. The van der Waals surface area contributed by atoms with Crippen LogP contribution in [-0.2, 0) is 10.0 Å². The summed E-state index contributed by atoms with van der Waals surface area (Å²) in [7, 11) is -3.40. The first-order valence-corrected chi connectivity index (χ1v) is 8.55. The lowest BCUT2D eigenvalue weighted by Crippen LogP contribution is -2.35. The van der Waals surface area contributed by atoms with Gasteiger partial charge in [0.25, 0.3) is 0 Å². The number of nitrogens with zero attached hydrogens (tertiary/aromatic N) is 1. The van der Waals surface area contributed by atoms with Crippen LogP contribution in [0.3, 0.4) is 0 Å². The topological polar surface area (TPSA) is 72.6 Å². The van der Waals surface area contributed by atoms with Gasteiger partial charge in [0, 0.05) is 31.1 Å². The molecule has 1 aromatic rings. The van der Waals surface area contributed by atoms with Crippen molar-refractivity contribution in [3.05, 3.63) is 23.8 Å². The van der Waals surface area contributed by atoms with E-state index in [1.807, 2.05) is 0 Å². The van der Waals surface area contributed by atoms with Crippen molar-refractivity contribution in [1.29, 1.82) is 0 Å². The third-order valence-corrected chi connectivity index (χ3v) is 5.91. The normalized spacial score (nSPS) is 23.9. The van der Waals surface area contributed by atoms with E-state index in [0.717, 1.165) is 31.2 Å². The van der Waals surface area contributed by atoms with Crippen molar-refractivity contribution < 1.29 is 13.2 Å². The maximum absolute atomic E-state index is 12.6. The van der Waals surface area contributed by atoms with E-state index in [2.05, 4.69) is 0 Å². The Kier molecular flexibility index (Phi) is 3.70. The smallest absolute Gasteiger partial charge is 0.243 e. The van der Waals surface area contributed by atoms with Crippen molar-refractivity contribution in [3.63, 3.8) is 0 Å². The number of ether oxygens (including phenoxy) is 1. The molecule has 0 aromatic heterocycles. The molecular formula is C14H20N2O3S. The fraction of sp³-hybridized carbons (Fsp3) is 0.571. The minimum absolute atomic E-state index is 0.143. The number of benzene rings is 1. The molecule has 1 atom stereocenters. The van der Waals surface area contributed by atoms with E-state index in [1.54, 1.807) is 22.5 Å². The predicted molar refractivity (Wildman–Crippen MR) is 76.1 cm³/mol. The molecule has 2 N–H and O–H groups in total. The number of fused-ring (bicyclic) bond motifs is 1. The second-order valence-corrected chi connectivity index (χ2v) is 7.35. The molecule has 0 bridgehead atoms. The summed E-state index contributed by atoms with van der Waals surface area (Å²) in [5.41, 5.74) is 6.85. The highest BCUT2D eigenvalue weighted by molar-refractivity contribution is 7.89. The molecule has 2 aliphatic heterocycles. The van der Waals surface area contributed by atoms with Crippen LogP contribution in [0.25, 0.3) is 0 Å². The molecular weight excluding hydrogens is 276 g/mol. The maximum Gasteiger partial charge on any atom is 0.243 e. The second kappa shape index (κ2) is 5.35. The van der Waals surface area contributed by atoms with Gasteiger partial charge in [0.15, 0.2) is 0 Å². The molecule has 1 saturated heterocycles. The highest BCUT2D eigenvalue weighted by atomic mass is 32.2. The van der Waals surface area contributed by atoms with E-state index in [-0.39, 0.29) is 6.04 Å². The first kappa shape index (κ1) is 13.9. The van der Waals surface area contributed by atoms with E-state index >= 15 is 0 Å². The first-order valence-electron chi connectivity index (χ1n) is 7.11. The van der Waals surface area contributed by atoms with Gasteiger partial charge in [-0.2, -0.15) is 4.31 Å². The third-order valence-electron chi connectivity index (χ3n) is 4.02. The molecule has 1 unspecified atom stereocenters. The molecule has 3 rings (SSSR count). The molecule has 110 valence electrons. The lowest BCUT2D eigenvalue weighted by Gasteiger charge is -2.27. The quantitative estimate of drug-likeness (QED) is 0.900. The average Bonchev–Trinajstić information content (AvgIpc) is 2.48. The summed E-state index contributed by atoms with van der Waals surface area (Å²) in [4.78, 5) is 0.333. The summed E-state index contributed by atoms with van der Waals surface area (Å²) in [5, 5.41) is 0. The van der Waals surface area contributed by atoms with Crippen molar-refractivity contribution in [1.82, 2.24) is 4.31 Å². The summed E-state index contributed by atoms with van der Waals surface area (Å²) >= 11 is 0. The van der Waals surface area contributed by atoms with Crippen LogP contribution in [0.1, 0.15) is 37.3 Å². The SMILES string of the molecule is NC1CCOc2ccc(S(=O)(=O)N3CCCCC3)cc21. The zero-order valence-corrected chi connectivity index (χ0v) is 12.2. The molecule has 2 heterocycles. The van der Waals surface area contributed by atoms with E-state index in [9.17, 15) is 8.42 Å². The molecule has 20 heavy (non-hydrogen) atoms. The van der Waals surface area contributed by atoms with Crippen LogP contribution in [-0.4, -0.2) is 32.4 Å². The van der Waals surface area contributed by atoms with Gasteiger partial charge in [-0.25, -0.2) is 8.42 Å². The molecule has 0 saturated carbocycles. The van der Waals surface area contributed by atoms with Crippen LogP contribution < -0.4 is 10.5 Å². The summed E-state index contributed by atoms with van der Waals surface area (Å²) in [6, 6.07) is 4.89. The van der Waals surface area contributed by atoms with Crippen molar-refractivity contribution >= 4 is 10.0 Å². The van der Waals surface area contributed by atoms with Gasteiger partial charge in [0.1, 0.15) is 5.75 Å². The minimum Gasteiger partial charge on any atom is -0.493 e. The van der Waals surface area contributed by atoms with Gasteiger partial charge in [0.05, 0.1) is 11.5 Å². The molecule has 0 amide bonds. The van der Waals surface area contributed by atoms with E-state index in [1.165, 1.54) is 0 Å². The Morgan fingerprint density at radius 2 is 1.95 bits per heavy atom. The van der Waals surface area contributed by atoms with Crippen molar-refractivity contribution in [2.75, 3.05) is 19.7 Å². The number of piperidine rings is 1. The van der Waals surface area contributed by atoms with Crippen LogP contribution in [0.4, 0.5) is 0 Å². The number of hydrogen-bond donors (Lipinski definition) is 1. The largest absolute Gasteiger partial charge is 0.493 e. The molecule has 0 spiro atoms. The molecule has 5 nitrogen and oxygen atoms in total. The Labute approximate surface area is 119 Å². The maximum atomic E-state index is 12.6. The fourth-order valence-electron chi connectivity index (χ4n) is 2.81. The van der Waals surface area contributed by atoms with Gasteiger partial charge >= 0.3 is 0 Å². The summed E-state index contributed by atoms with van der Waals surface area (Å²) in [6.45, 7) is 1.82. The molecule has 1 fully saturated rings. The fourth-order valence-corrected chi connectivity index (χ4v) is 4.37. The van der Waals surface area contributed by atoms with Crippen LogP contribution >= 0.6 is 0 Å². The highest BCUT2D eigenvalue weighted by Gasteiger charge is 2.28. The lowest BCUT2D eigenvalue weighted by atomic mass is 10.0. The first-order chi connectivity index (χ1) is 9.59. The van der Waals surface area contributed by atoms with Crippen molar-refractivity contribution in [2.24, 2.45) is 5.73 Å². The van der Waals surface area contributed by atoms with Crippen LogP contribution in [0.5, 0.6) is 5.75 Å². The molecule has 1 aromatic carbocycles. The van der Waals surface area contributed by atoms with E-state index in [0.29, 0.717) is 30.3 Å². The van der Waals surface area contributed by atoms with Gasteiger partial charge in [-0.3, -0.25) is 0 Å².